The highest BCUT2D eigenvalue weighted by atomic mass is 32.1. The lowest BCUT2D eigenvalue weighted by Gasteiger charge is -2.20. The molecule has 5 rings (SSSR count). The molecule has 4 heterocycles. The van der Waals surface area contributed by atoms with Crippen LogP contribution in [0, 0.1) is 0 Å². The van der Waals surface area contributed by atoms with Crippen molar-refractivity contribution in [1.82, 2.24) is 25.6 Å². The third-order valence-corrected chi connectivity index (χ3v) is 6.35. The van der Waals surface area contributed by atoms with Crippen LogP contribution in [0.3, 0.4) is 0 Å². The summed E-state index contributed by atoms with van der Waals surface area (Å²) in [4.78, 5) is 19.2. The van der Waals surface area contributed by atoms with Gasteiger partial charge in [-0.15, -0.1) is 11.3 Å². The zero-order chi connectivity index (χ0) is 20.9. The third kappa shape index (κ3) is 4.79. The zero-order valence-corrected chi connectivity index (χ0v) is 18.0. The molecule has 9 heteroatoms. The lowest BCUT2D eigenvalue weighted by molar-refractivity contribution is 0.747. The summed E-state index contributed by atoms with van der Waals surface area (Å²) in [5, 5.41) is 13.7. The summed E-state index contributed by atoms with van der Waals surface area (Å²) >= 11 is 3.20. The van der Waals surface area contributed by atoms with Gasteiger partial charge in [-0.05, 0) is 18.2 Å². The minimum Gasteiger partial charge on any atom is -0.345 e. The Morgan fingerprint density at radius 1 is 1.06 bits per heavy atom. The molecule has 3 aromatic heterocycles. The highest BCUT2D eigenvalue weighted by Crippen LogP contribution is 2.28. The van der Waals surface area contributed by atoms with Gasteiger partial charge in [0.2, 0.25) is 0 Å². The molecule has 0 bridgehead atoms. The quantitative estimate of drug-likeness (QED) is 0.398. The molecule has 4 aromatic rings. The fourth-order valence-electron chi connectivity index (χ4n) is 3.02. The topological polar surface area (TPSA) is 87.1 Å². The summed E-state index contributed by atoms with van der Waals surface area (Å²) in [6.07, 6.45) is 7.58. The second-order valence-electron chi connectivity index (χ2n) is 6.69. The van der Waals surface area contributed by atoms with Crippen molar-refractivity contribution in [3.63, 3.8) is 0 Å². The molecular weight excluding hydrogens is 426 g/mol. The molecule has 0 aliphatic carbocycles. The molecule has 31 heavy (non-hydrogen) atoms. The maximum atomic E-state index is 4.70. The molecule has 3 N–H and O–H groups in total. The average Bonchev–Trinajstić information content (AvgIpc) is 3.49. The maximum absolute atomic E-state index is 4.70. The first-order chi connectivity index (χ1) is 15.3. The van der Waals surface area contributed by atoms with E-state index in [4.69, 9.17) is 4.98 Å². The summed E-state index contributed by atoms with van der Waals surface area (Å²) in [6.45, 7) is 0.516. The number of hydrogen-bond donors (Lipinski definition) is 3. The number of hydrogen-bond acceptors (Lipinski definition) is 7. The molecule has 1 atom stereocenters. The second kappa shape index (κ2) is 9.07. The first kappa shape index (κ1) is 19.4. The molecule has 0 amide bonds. The van der Waals surface area contributed by atoms with Crippen LogP contribution >= 0.6 is 22.7 Å². The monoisotopic (exact) mass is 445 g/mol. The molecule has 1 aromatic carbocycles. The summed E-state index contributed by atoms with van der Waals surface area (Å²) in [6, 6.07) is 15.9. The van der Waals surface area contributed by atoms with Gasteiger partial charge in [0.25, 0.3) is 0 Å². The molecular formula is C22H19N7S2. The van der Waals surface area contributed by atoms with Crippen molar-refractivity contribution in [2.45, 2.75) is 12.6 Å². The molecule has 7 nitrogen and oxygen atoms in total. The first-order valence-electron chi connectivity index (χ1n) is 9.71. The van der Waals surface area contributed by atoms with E-state index in [0.717, 1.165) is 38.1 Å². The normalized spacial score (nSPS) is 16.6. The molecule has 0 radical (unpaired) electrons. The van der Waals surface area contributed by atoms with Gasteiger partial charge in [-0.1, -0.05) is 47.7 Å². The highest BCUT2D eigenvalue weighted by Gasteiger charge is 2.17. The fraction of sp³-hybridized carbons (Fsp3) is 0.0909. The number of benzene rings is 1. The number of aliphatic imine (C=N–C) groups is 1. The van der Waals surface area contributed by atoms with E-state index in [1.807, 2.05) is 54.9 Å². The molecule has 0 saturated carbocycles. The molecule has 0 spiro atoms. The van der Waals surface area contributed by atoms with E-state index in [0.29, 0.717) is 6.54 Å². The third-order valence-electron chi connectivity index (χ3n) is 4.52. The Labute approximate surface area is 187 Å². The van der Waals surface area contributed by atoms with Crippen LogP contribution in [0.5, 0.6) is 0 Å². The van der Waals surface area contributed by atoms with Gasteiger partial charge in [-0.25, -0.2) is 19.9 Å². The first-order valence-corrected chi connectivity index (χ1v) is 11.4. The molecule has 0 saturated heterocycles. The van der Waals surface area contributed by atoms with Gasteiger partial charge in [0.1, 0.15) is 10.8 Å². The van der Waals surface area contributed by atoms with Crippen molar-refractivity contribution in [3.05, 3.63) is 88.5 Å². The van der Waals surface area contributed by atoms with Gasteiger partial charge >= 0.3 is 0 Å². The van der Waals surface area contributed by atoms with Crippen molar-refractivity contribution >= 4 is 39.6 Å². The Kier molecular flexibility index (Phi) is 5.68. The van der Waals surface area contributed by atoms with Gasteiger partial charge < -0.3 is 16.0 Å². The van der Waals surface area contributed by atoms with Crippen LogP contribution < -0.4 is 16.0 Å². The number of nitrogens with zero attached hydrogens (tertiary/aromatic N) is 4. The largest absolute Gasteiger partial charge is 0.345 e. The minimum absolute atomic E-state index is 0.00737. The van der Waals surface area contributed by atoms with Crippen LogP contribution in [-0.4, -0.2) is 20.9 Å². The smallest absolute Gasteiger partial charge is 0.196 e. The molecule has 0 fully saturated rings. The highest BCUT2D eigenvalue weighted by molar-refractivity contribution is 7.15. The second-order valence-corrected chi connectivity index (χ2v) is 8.70. The Morgan fingerprint density at radius 2 is 1.97 bits per heavy atom. The van der Waals surface area contributed by atoms with Crippen LogP contribution in [0.15, 0.2) is 83.6 Å². The SMILES string of the molecule is C1=CC(c2cnc(Nc3ccccn3)s2)NC(=NCc2nc(-c3ccccc3)cs2)N1. The lowest BCUT2D eigenvalue weighted by Crippen LogP contribution is -2.39. The fourth-order valence-corrected chi connectivity index (χ4v) is 4.60. The van der Waals surface area contributed by atoms with Gasteiger partial charge in [-0.2, -0.15) is 0 Å². The summed E-state index contributed by atoms with van der Waals surface area (Å²) in [5.74, 6) is 1.49. The van der Waals surface area contributed by atoms with Crippen LogP contribution in [0.1, 0.15) is 15.9 Å². The number of aromatic nitrogens is 3. The number of nitrogens with one attached hydrogen (secondary N) is 3. The predicted molar refractivity (Wildman–Crippen MR) is 126 cm³/mol. The van der Waals surface area contributed by atoms with Crippen molar-refractivity contribution in [2.75, 3.05) is 5.32 Å². The number of pyridine rings is 1. The van der Waals surface area contributed by atoms with Crippen molar-refractivity contribution < 1.29 is 0 Å². The maximum Gasteiger partial charge on any atom is 0.196 e. The molecule has 154 valence electrons. The van der Waals surface area contributed by atoms with Crippen molar-refractivity contribution in [1.29, 1.82) is 0 Å². The molecule has 1 unspecified atom stereocenters. The van der Waals surface area contributed by atoms with Gasteiger partial charge in [-0.3, -0.25) is 0 Å². The number of anilines is 2. The summed E-state index contributed by atoms with van der Waals surface area (Å²) in [7, 11) is 0. The number of guanidine groups is 1. The van der Waals surface area contributed by atoms with Crippen molar-refractivity contribution in [2.24, 2.45) is 4.99 Å². The Balaban J connectivity index is 1.23. The van der Waals surface area contributed by atoms with Crippen LogP contribution in [0.4, 0.5) is 10.9 Å². The Bertz CT molecular complexity index is 1200. The Morgan fingerprint density at radius 3 is 2.84 bits per heavy atom. The van der Waals surface area contributed by atoms with E-state index in [1.165, 1.54) is 0 Å². The summed E-state index contributed by atoms with van der Waals surface area (Å²) in [5.41, 5.74) is 2.11. The van der Waals surface area contributed by atoms with E-state index >= 15 is 0 Å². The van der Waals surface area contributed by atoms with Gasteiger partial charge in [0.15, 0.2) is 11.1 Å². The van der Waals surface area contributed by atoms with Gasteiger partial charge in [0.05, 0.1) is 23.2 Å². The van der Waals surface area contributed by atoms with Crippen LogP contribution in [-0.2, 0) is 6.54 Å². The molecule has 1 aliphatic rings. The standard InChI is InChI=1S/C22H19N7S2/c1-2-6-15(7-3-1)17-14-30-20(27-17)13-25-21-24-11-9-16(28-21)18-12-26-22(31-18)29-19-8-4-5-10-23-19/h1-12,14,16H,13H2,(H,23,26,29)(H2,24,25,28). The van der Waals surface area contributed by atoms with E-state index in [9.17, 15) is 0 Å². The van der Waals surface area contributed by atoms with E-state index in [2.05, 4.69) is 48.4 Å². The number of rotatable bonds is 6. The Hall–Kier alpha value is -3.56. The summed E-state index contributed by atoms with van der Waals surface area (Å²) < 4.78 is 0. The predicted octanol–water partition coefficient (Wildman–Crippen LogP) is 4.71. The van der Waals surface area contributed by atoms with E-state index in [-0.39, 0.29) is 6.04 Å². The number of thiazole rings is 2. The zero-order valence-electron chi connectivity index (χ0n) is 16.4. The minimum atomic E-state index is 0.00737. The molecule has 1 aliphatic heterocycles. The van der Waals surface area contributed by atoms with Crippen LogP contribution in [0.25, 0.3) is 11.3 Å². The van der Waals surface area contributed by atoms with Crippen LogP contribution in [0.2, 0.25) is 0 Å². The van der Waals surface area contributed by atoms with Crippen molar-refractivity contribution in [3.8, 4) is 11.3 Å². The van der Waals surface area contributed by atoms with E-state index in [1.54, 1.807) is 28.9 Å². The average molecular weight is 446 g/mol. The lowest BCUT2D eigenvalue weighted by atomic mass is 10.2. The van der Waals surface area contributed by atoms with E-state index < -0.39 is 0 Å². The van der Waals surface area contributed by atoms with Gasteiger partial charge in [0, 0.05) is 29.5 Å².